The van der Waals surface area contributed by atoms with Crippen molar-refractivity contribution in [2.24, 2.45) is 16.8 Å². The smallest absolute Gasteiger partial charge is 0.183 e. The lowest BCUT2D eigenvalue weighted by atomic mass is 9.86. The van der Waals surface area contributed by atoms with Gasteiger partial charge in [0.05, 0.1) is 49.4 Å². The minimum absolute atomic E-state index is 0.273. The standard InChI is InChI=1S/C58H56N4O10/c63-29-37-47(71-57(69)55(67)53(37)65)27-31-11-15-35(16-12-31)51-43-23-21-41(60-43)49(33-7-3-1-4-8-33)39-19-20-40(59-39)50(34-9-5-2-6-10-34)42-22-24-44(61-42)52(46-26-25-45(51)62-46)36-17-13-32(14-18-36)28-48-38(30-64)54(66)56(68)58(70)72-48/h1-26,37-38,43,47-48,53-59,61-70H,27-30H2/b49-39-,50-40-,51-45-,52-46-/t37-,38-,43?,47+,48+,53?,54?,55?,56?,57-,58-/m1/s1. The molecule has 0 saturated carbocycles. The van der Waals surface area contributed by atoms with Crippen molar-refractivity contribution in [2.45, 2.75) is 68.1 Å². The van der Waals surface area contributed by atoms with Crippen LogP contribution in [0.25, 0.3) is 22.3 Å². The Labute approximate surface area is 413 Å². The van der Waals surface area contributed by atoms with Crippen LogP contribution in [-0.2, 0) is 22.3 Å². The van der Waals surface area contributed by atoms with Gasteiger partial charge in [-0.15, -0.1) is 0 Å². The summed E-state index contributed by atoms with van der Waals surface area (Å²) in [6.07, 6.45) is -5.69. The summed E-state index contributed by atoms with van der Waals surface area (Å²) in [6.45, 7) is -0.856. The summed E-state index contributed by atoms with van der Waals surface area (Å²) in [4.78, 5) is 16.9. The van der Waals surface area contributed by atoms with Gasteiger partial charge in [-0.25, -0.2) is 0 Å². The van der Waals surface area contributed by atoms with E-state index in [4.69, 9.17) is 14.5 Å². The summed E-state index contributed by atoms with van der Waals surface area (Å²) in [5.74, 6) is -1.60. The molecule has 5 unspecified atom stereocenters. The van der Waals surface area contributed by atoms with Crippen molar-refractivity contribution in [1.29, 1.82) is 0 Å². The van der Waals surface area contributed by atoms with Gasteiger partial charge in [-0.1, -0.05) is 115 Å². The second-order valence-electron chi connectivity index (χ2n) is 19.0. The van der Waals surface area contributed by atoms with Crippen LogP contribution in [0.4, 0.5) is 0 Å². The first-order chi connectivity index (χ1) is 35.1. The molecule has 3 aromatic heterocycles. The Hall–Kier alpha value is -6.79. The SMILES string of the molecule is OC[C@H]1C(O)C(O)[C@H](O)O[C@H]1Cc1ccc(/C2=c3\cc/c([nH]3)=C(\c3ccc(C[C@@H]4O[C@@H](O)C(O)C(O)[C@@H]4CO)cc3)C3C=CC(=N3)/C(c3ccccc3)=c3/cc/c([nH]3)=C(\c3ccccc3)c3ccc2[nH]3)cc1. The number of aliphatic hydroxyl groups is 8. The van der Waals surface area contributed by atoms with E-state index in [0.717, 1.165) is 94.2 Å². The second kappa shape index (κ2) is 20.0. The number of ether oxygens (including phenoxy) is 2. The summed E-state index contributed by atoms with van der Waals surface area (Å²) in [5.41, 5.74) is 11.7. The van der Waals surface area contributed by atoms with Crippen molar-refractivity contribution in [1.82, 2.24) is 15.0 Å². The third kappa shape index (κ3) is 8.96. The summed E-state index contributed by atoms with van der Waals surface area (Å²) >= 11 is 0. The molecule has 4 aromatic carbocycles. The maximum absolute atomic E-state index is 10.7. The molecule has 14 nitrogen and oxygen atoms in total. The van der Waals surface area contributed by atoms with Crippen molar-refractivity contribution in [3.8, 4) is 0 Å². The molecule has 4 aliphatic heterocycles. The van der Waals surface area contributed by atoms with E-state index in [1.165, 1.54) is 0 Å². The highest BCUT2D eigenvalue weighted by atomic mass is 16.6. The average molecular weight is 969 g/mol. The Kier molecular flexibility index (Phi) is 13.2. The van der Waals surface area contributed by atoms with Gasteiger partial charge >= 0.3 is 0 Å². The van der Waals surface area contributed by atoms with Crippen LogP contribution in [-0.4, -0.2) is 130 Å². The molecule has 0 amide bonds. The number of nitrogens with one attached hydrogen (secondary N) is 3. The van der Waals surface area contributed by atoms with Gasteiger partial charge in [0, 0.05) is 66.9 Å². The van der Waals surface area contributed by atoms with Crippen LogP contribution in [0.5, 0.6) is 0 Å². The Morgan fingerprint density at radius 2 is 0.861 bits per heavy atom. The molecule has 8 bridgehead atoms. The minimum atomic E-state index is -1.59. The van der Waals surface area contributed by atoms with E-state index in [1.807, 2.05) is 84.9 Å². The Balaban J connectivity index is 1.09. The number of aromatic amines is 3. The number of hydrogen-bond acceptors (Lipinski definition) is 11. The Morgan fingerprint density at radius 3 is 1.36 bits per heavy atom. The molecule has 0 spiro atoms. The molecule has 72 heavy (non-hydrogen) atoms. The van der Waals surface area contributed by atoms with Crippen LogP contribution >= 0.6 is 0 Å². The third-order valence-electron chi connectivity index (χ3n) is 14.6. The fourth-order valence-corrected chi connectivity index (χ4v) is 10.8. The monoisotopic (exact) mass is 968 g/mol. The number of allylic oxidation sites excluding steroid dienone is 1. The van der Waals surface area contributed by atoms with Crippen LogP contribution in [0.15, 0.2) is 163 Å². The van der Waals surface area contributed by atoms with Crippen LogP contribution in [0.3, 0.4) is 0 Å². The van der Waals surface area contributed by atoms with E-state index in [2.05, 4.69) is 87.8 Å². The van der Waals surface area contributed by atoms with Gasteiger partial charge in [0.25, 0.3) is 0 Å². The summed E-state index contributed by atoms with van der Waals surface area (Å²) < 4.78 is 11.4. The van der Waals surface area contributed by atoms with Gasteiger partial charge in [-0.05, 0) is 88.7 Å². The van der Waals surface area contributed by atoms with Crippen molar-refractivity contribution < 1.29 is 50.3 Å². The lowest BCUT2D eigenvalue weighted by molar-refractivity contribution is -0.272. The number of nitrogens with zero attached hydrogens (tertiary/aromatic N) is 1. The normalized spacial score (nSPS) is 30.3. The molecule has 2 saturated heterocycles. The first kappa shape index (κ1) is 47.5. The van der Waals surface area contributed by atoms with Gasteiger partial charge in [-0.3, -0.25) is 4.99 Å². The zero-order valence-corrected chi connectivity index (χ0v) is 39.0. The molecular formula is C58H56N4O10. The topological polar surface area (TPSA) is 240 Å². The number of rotatable bonds is 10. The number of aromatic nitrogens is 3. The lowest BCUT2D eigenvalue weighted by Crippen LogP contribution is -2.56. The molecule has 0 radical (unpaired) electrons. The van der Waals surface area contributed by atoms with Crippen LogP contribution in [0.2, 0.25) is 0 Å². The highest BCUT2D eigenvalue weighted by molar-refractivity contribution is 6.30. The highest BCUT2D eigenvalue weighted by Gasteiger charge is 2.44. The van der Waals surface area contributed by atoms with E-state index >= 15 is 0 Å². The van der Waals surface area contributed by atoms with E-state index in [0.29, 0.717) is 0 Å². The molecule has 11 N–H and O–H groups in total. The highest BCUT2D eigenvalue weighted by Crippen LogP contribution is 2.32. The van der Waals surface area contributed by atoms with Crippen molar-refractivity contribution in [3.05, 3.63) is 224 Å². The average Bonchev–Trinajstić information content (AvgIpc) is 4.26. The fourth-order valence-electron chi connectivity index (χ4n) is 10.8. The zero-order valence-electron chi connectivity index (χ0n) is 39.0. The Morgan fingerprint density at radius 1 is 0.431 bits per heavy atom. The van der Waals surface area contributed by atoms with E-state index < -0.39 is 80.3 Å². The lowest BCUT2D eigenvalue weighted by Gasteiger charge is -2.40. The first-order valence-corrected chi connectivity index (χ1v) is 24.3. The van der Waals surface area contributed by atoms with Gasteiger partial charge in [0.2, 0.25) is 0 Å². The number of fused-ring (bicyclic) bond motifs is 7. The minimum Gasteiger partial charge on any atom is -0.396 e. The predicted octanol–water partition coefficient (Wildman–Crippen LogP) is 1.14. The van der Waals surface area contributed by atoms with Crippen molar-refractivity contribution in [3.63, 3.8) is 0 Å². The third-order valence-corrected chi connectivity index (χ3v) is 14.6. The maximum atomic E-state index is 10.7. The maximum Gasteiger partial charge on any atom is 0.183 e. The van der Waals surface area contributed by atoms with E-state index in [9.17, 15) is 40.9 Å². The molecule has 11 atom stereocenters. The van der Waals surface area contributed by atoms with Crippen molar-refractivity contribution in [2.75, 3.05) is 13.2 Å². The molecule has 0 aliphatic carbocycles. The molecular weight excluding hydrogens is 913 g/mol. The zero-order chi connectivity index (χ0) is 49.6. The quantitative estimate of drug-likeness (QED) is 0.0935. The largest absolute Gasteiger partial charge is 0.396 e. The van der Waals surface area contributed by atoms with Gasteiger partial charge < -0.3 is 65.3 Å². The summed E-state index contributed by atoms with van der Waals surface area (Å²) in [6, 6.07) is 48.5. The molecule has 11 rings (SSSR count). The van der Waals surface area contributed by atoms with Crippen LogP contribution in [0, 0.1) is 11.8 Å². The molecule has 14 heteroatoms. The number of aliphatic imine (C=N–C) groups is 1. The number of aliphatic hydroxyl groups excluding tert-OH is 8. The number of hydrogen-bond donors (Lipinski definition) is 11. The van der Waals surface area contributed by atoms with Crippen LogP contribution < -0.4 is 21.4 Å². The van der Waals surface area contributed by atoms with Gasteiger partial charge in [0.15, 0.2) is 12.6 Å². The van der Waals surface area contributed by atoms with E-state index in [-0.39, 0.29) is 12.8 Å². The second-order valence-corrected chi connectivity index (χ2v) is 19.0. The molecule has 4 aliphatic rings. The number of benzene rings is 4. The van der Waals surface area contributed by atoms with Crippen molar-refractivity contribution >= 4 is 28.0 Å². The molecule has 7 aromatic rings. The van der Waals surface area contributed by atoms with Crippen LogP contribution in [0.1, 0.15) is 44.8 Å². The molecule has 368 valence electrons. The Bertz CT molecular complexity index is 3380. The molecule has 2 fully saturated rings. The fraction of sp³-hybridized carbons (Fsp3) is 0.259. The van der Waals surface area contributed by atoms with Gasteiger partial charge in [0.1, 0.15) is 12.2 Å². The first-order valence-electron chi connectivity index (χ1n) is 24.3. The van der Waals surface area contributed by atoms with Gasteiger partial charge in [-0.2, -0.15) is 0 Å². The summed E-state index contributed by atoms with van der Waals surface area (Å²) in [7, 11) is 0. The molecule has 7 heterocycles. The van der Waals surface area contributed by atoms with E-state index in [1.54, 1.807) is 0 Å². The summed E-state index contributed by atoms with van der Waals surface area (Å²) in [5, 5.41) is 86.2. The predicted molar refractivity (Wildman–Crippen MR) is 270 cm³/mol. The number of H-pyrrole nitrogens is 3.